The maximum atomic E-state index is 12.8. The van der Waals surface area contributed by atoms with Crippen LogP contribution in [0.15, 0.2) is 76.5 Å². The van der Waals surface area contributed by atoms with Gasteiger partial charge >= 0.3 is 0 Å². The number of ether oxygens (including phenoxy) is 1. The lowest BCUT2D eigenvalue weighted by Crippen LogP contribution is -2.31. The molecular formula is C25H24N2O2S. The normalized spacial score (nSPS) is 18.5. The molecule has 0 fully saturated rings. The van der Waals surface area contributed by atoms with Crippen LogP contribution in [-0.2, 0) is 11.4 Å². The van der Waals surface area contributed by atoms with Gasteiger partial charge < -0.3 is 10.1 Å². The number of nitriles is 1. The van der Waals surface area contributed by atoms with Gasteiger partial charge in [-0.2, -0.15) is 5.26 Å². The lowest BCUT2D eigenvalue weighted by atomic mass is 9.77. The van der Waals surface area contributed by atoms with Gasteiger partial charge in [0.1, 0.15) is 12.4 Å². The lowest BCUT2D eigenvalue weighted by molar-refractivity contribution is -0.116. The van der Waals surface area contributed by atoms with Crippen molar-refractivity contribution in [3.05, 3.63) is 87.6 Å². The number of dihydropyridines is 1. The average Bonchev–Trinajstić information content (AvgIpc) is 2.78. The second-order valence-electron chi connectivity index (χ2n) is 7.36. The van der Waals surface area contributed by atoms with E-state index in [0.29, 0.717) is 18.6 Å². The van der Waals surface area contributed by atoms with Crippen molar-refractivity contribution in [3.63, 3.8) is 0 Å². The molecule has 0 aromatic heterocycles. The summed E-state index contributed by atoms with van der Waals surface area (Å²) in [6, 6.07) is 20.2. The number of rotatable bonds is 6. The zero-order valence-corrected chi connectivity index (χ0v) is 17.8. The van der Waals surface area contributed by atoms with Crippen LogP contribution in [0.1, 0.15) is 43.2 Å². The van der Waals surface area contributed by atoms with Crippen LogP contribution in [0.25, 0.3) is 0 Å². The molecule has 0 radical (unpaired) electrons. The summed E-state index contributed by atoms with van der Waals surface area (Å²) in [6.45, 7) is 2.57. The van der Waals surface area contributed by atoms with Crippen molar-refractivity contribution in [1.82, 2.24) is 5.32 Å². The summed E-state index contributed by atoms with van der Waals surface area (Å²) < 4.78 is 5.90. The van der Waals surface area contributed by atoms with Crippen LogP contribution in [0.4, 0.5) is 0 Å². The fourth-order valence-electron chi connectivity index (χ4n) is 4.01. The molecule has 30 heavy (non-hydrogen) atoms. The molecule has 1 heterocycles. The number of allylic oxidation sites excluding steroid dienone is 3. The minimum atomic E-state index is -0.309. The van der Waals surface area contributed by atoms with E-state index in [1.807, 2.05) is 54.6 Å². The first-order chi connectivity index (χ1) is 14.7. The second kappa shape index (κ2) is 9.23. The SMILES string of the molecule is CCSC1=C(C#N)[C@H](c2ccc(OCc3ccccc3)cc2)C2=C(CCCC2=O)N1. The van der Waals surface area contributed by atoms with Crippen molar-refractivity contribution in [2.24, 2.45) is 0 Å². The fourth-order valence-corrected chi connectivity index (χ4v) is 4.82. The van der Waals surface area contributed by atoms with Crippen LogP contribution in [0.5, 0.6) is 5.75 Å². The summed E-state index contributed by atoms with van der Waals surface area (Å²) in [5.74, 6) is 1.47. The van der Waals surface area contributed by atoms with Gasteiger partial charge in [-0.1, -0.05) is 49.4 Å². The largest absolute Gasteiger partial charge is 0.489 e. The maximum Gasteiger partial charge on any atom is 0.161 e. The van der Waals surface area contributed by atoms with Crippen LogP contribution >= 0.6 is 11.8 Å². The Balaban J connectivity index is 1.63. The molecule has 1 aliphatic carbocycles. The molecule has 1 N–H and O–H groups in total. The first-order valence-corrected chi connectivity index (χ1v) is 11.3. The minimum absolute atomic E-state index is 0.145. The number of hydrogen-bond donors (Lipinski definition) is 1. The Morgan fingerprint density at radius 2 is 1.90 bits per heavy atom. The zero-order valence-electron chi connectivity index (χ0n) is 17.0. The van der Waals surface area contributed by atoms with Crippen molar-refractivity contribution in [2.45, 2.75) is 38.7 Å². The molecule has 0 amide bonds. The molecule has 1 atom stereocenters. The quantitative estimate of drug-likeness (QED) is 0.679. The summed E-state index contributed by atoms with van der Waals surface area (Å²) in [7, 11) is 0. The molecule has 5 heteroatoms. The van der Waals surface area contributed by atoms with E-state index in [0.717, 1.165) is 51.8 Å². The number of ketones is 1. The Bertz CT molecular complexity index is 1030. The van der Waals surface area contributed by atoms with E-state index in [-0.39, 0.29) is 11.7 Å². The van der Waals surface area contributed by atoms with Crippen molar-refractivity contribution >= 4 is 17.5 Å². The summed E-state index contributed by atoms with van der Waals surface area (Å²) in [6.07, 6.45) is 2.25. The summed E-state index contributed by atoms with van der Waals surface area (Å²) in [5.41, 5.74) is 4.44. The Morgan fingerprint density at radius 3 is 2.60 bits per heavy atom. The Morgan fingerprint density at radius 1 is 1.13 bits per heavy atom. The van der Waals surface area contributed by atoms with Gasteiger partial charge in [-0.05, 0) is 41.9 Å². The van der Waals surface area contributed by atoms with E-state index < -0.39 is 0 Å². The molecule has 2 aliphatic rings. The molecule has 2 aromatic rings. The van der Waals surface area contributed by atoms with Crippen LogP contribution in [0, 0.1) is 11.3 Å². The average molecular weight is 417 g/mol. The van der Waals surface area contributed by atoms with Crippen molar-refractivity contribution < 1.29 is 9.53 Å². The first-order valence-electron chi connectivity index (χ1n) is 10.3. The van der Waals surface area contributed by atoms with E-state index in [4.69, 9.17) is 4.74 Å². The number of nitrogens with zero attached hydrogens (tertiary/aromatic N) is 1. The lowest BCUT2D eigenvalue weighted by Gasteiger charge is -2.33. The highest BCUT2D eigenvalue weighted by molar-refractivity contribution is 8.03. The third-order valence-electron chi connectivity index (χ3n) is 5.41. The highest BCUT2D eigenvalue weighted by Gasteiger charge is 2.36. The number of carbonyl (C=O) groups excluding carboxylic acids is 1. The fraction of sp³-hybridized carbons (Fsp3) is 0.280. The second-order valence-corrected chi connectivity index (χ2v) is 8.63. The first kappa shape index (κ1) is 20.3. The van der Waals surface area contributed by atoms with Crippen LogP contribution in [0.2, 0.25) is 0 Å². The maximum absolute atomic E-state index is 12.8. The zero-order chi connectivity index (χ0) is 20.9. The summed E-state index contributed by atoms with van der Waals surface area (Å²) >= 11 is 1.63. The van der Waals surface area contributed by atoms with E-state index in [2.05, 4.69) is 18.3 Å². The van der Waals surface area contributed by atoms with Gasteiger partial charge in [0.05, 0.1) is 22.6 Å². The standard InChI is InChI=1S/C25H24N2O2S/c1-2-30-25-20(15-26)23(24-21(27-25)9-6-10-22(24)28)18-11-13-19(14-12-18)29-16-17-7-4-3-5-8-17/h3-5,7-8,11-14,23,27H,2,6,9-10,16H2,1H3/t23-/m0/s1. The number of benzene rings is 2. The van der Waals surface area contributed by atoms with Crippen LogP contribution in [-0.4, -0.2) is 11.5 Å². The van der Waals surface area contributed by atoms with Crippen molar-refractivity contribution in [1.29, 1.82) is 5.26 Å². The molecule has 2 aromatic carbocycles. The van der Waals surface area contributed by atoms with E-state index in [9.17, 15) is 10.1 Å². The van der Waals surface area contributed by atoms with Gasteiger partial charge in [0.2, 0.25) is 0 Å². The number of hydrogen-bond acceptors (Lipinski definition) is 5. The predicted molar refractivity (Wildman–Crippen MR) is 120 cm³/mol. The van der Waals surface area contributed by atoms with E-state index >= 15 is 0 Å². The molecule has 152 valence electrons. The van der Waals surface area contributed by atoms with Crippen molar-refractivity contribution in [2.75, 3.05) is 5.75 Å². The Kier molecular flexibility index (Phi) is 6.25. The topological polar surface area (TPSA) is 62.1 Å². The minimum Gasteiger partial charge on any atom is -0.489 e. The predicted octanol–water partition coefficient (Wildman–Crippen LogP) is 5.45. The Hall–Kier alpha value is -2.97. The van der Waals surface area contributed by atoms with E-state index in [1.165, 1.54) is 0 Å². The monoisotopic (exact) mass is 416 g/mol. The molecule has 0 spiro atoms. The molecule has 0 saturated heterocycles. The number of carbonyl (C=O) groups is 1. The van der Waals surface area contributed by atoms with E-state index in [1.54, 1.807) is 11.8 Å². The highest BCUT2D eigenvalue weighted by Crippen LogP contribution is 2.44. The molecule has 0 unspecified atom stereocenters. The smallest absolute Gasteiger partial charge is 0.161 e. The van der Waals surface area contributed by atoms with Gasteiger partial charge in [0.25, 0.3) is 0 Å². The van der Waals surface area contributed by atoms with Gasteiger partial charge in [-0.15, -0.1) is 11.8 Å². The summed E-state index contributed by atoms with van der Waals surface area (Å²) in [4.78, 5) is 12.8. The molecule has 1 aliphatic heterocycles. The molecule has 0 bridgehead atoms. The van der Waals surface area contributed by atoms with Gasteiger partial charge in [0.15, 0.2) is 5.78 Å². The number of nitrogens with one attached hydrogen (secondary N) is 1. The van der Waals surface area contributed by atoms with Crippen LogP contribution in [0.3, 0.4) is 0 Å². The van der Waals surface area contributed by atoms with Crippen LogP contribution < -0.4 is 10.1 Å². The highest BCUT2D eigenvalue weighted by atomic mass is 32.2. The van der Waals surface area contributed by atoms with Gasteiger partial charge in [-0.25, -0.2) is 0 Å². The molecule has 4 nitrogen and oxygen atoms in total. The van der Waals surface area contributed by atoms with Gasteiger partial charge in [0, 0.05) is 17.7 Å². The van der Waals surface area contributed by atoms with Gasteiger partial charge in [-0.3, -0.25) is 4.79 Å². The Labute approximate surface area is 181 Å². The number of Topliss-reactive ketones (excluding diaryl/α,β-unsaturated/α-hetero) is 1. The molecular weight excluding hydrogens is 392 g/mol. The van der Waals surface area contributed by atoms with Crippen molar-refractivity contribution in [3.8, 4) is 11.8 Å². The third kappa shape index (κ3) is 4.15. The summed E-state index contributed by atoms with van der Waals surface area (Å²) in [5, 5.41) is 14.2. The molecule has 0 saturated carbocycles. The third-order valence-corrected chi connectivity index (χ3v) is 6.31. The molecule has 4 rings (SSSR count). The number of thioether (sulfide) groups is 1.